The lowest BCUT2D eigenvalue weighted by atomic mass is 10.4. The van der Waals surface area contributed by atoms with E-state index in [1.807, 2.05) is 6.92 Å². The van der Waals surface area contributed by atoms with Crippen LogP contribution in [0.3, 0.4) is 0 Å². The molecule has 0 unspecified atom stereocenters. The highest BCUT2D eigenvalue weighted by Crippen LogP contribution is 2.04. The summed E-state index contributed by atoms with van der Waals surface area (Å²) in [6, 6.07) is 1.25. The summed E-state index contributed by atoms with van der Waals surface area (Å²) in [6.45, 7) is 3.00. The van der Waals surface area contributed by atoms with Gasteiger partial charge < -0.3 is 9.47 Å². The molecule has 8 heteroatoms. The van der Waals surface area contributed by atoms with Crippen molar-refractivity contribution in [1.29, 1.82) is 0 Å². The van der Waals surface area contributed by atoms with E-state index in [0.717, 1.165) is 6.42 Å². The molecule has 0 aromatic carbocycles. The van der Waals surface area contributed by atoms with Crippen LogP contribution < -0.4 is 5.43 Å². The second-order valence-electron chi connectivity index (χ2n) is 4.24. The maximum absolute atomic E-state index is 11.6. The number of carbonyl (C=O) groups excluding carboxylic acids is 1. The highest BCUT2D eigenvalue weighted by molar-refractivity contribution is 5.86. The van der Waals surface area contributed by atoms with Crippen molar-refractivity contribution in [3.8, 4) is 5.69 Å². The first-order valence-corrected chi connectivity index (χ1v) is 6.44. The van der Waals surface area contributed by atoms with Gasteiger partial charge in [0.1, 0.15) is 12.4 Å². The Balaban J connectivity index is 2.22. The summed E-state index contributed by atoms with van der Waals surface area (Å²) in [5.41, 5.74) is -0.146. The summed E-state index contributed by atoms with van der Waals surface area (Å²) in [7, 11) is 1.20. The number of rotatable bonds is 6. The van der Waals surface area contributed by atoms with Gasteiger partial charge in [-0.15, -0.1) is 0 Å². The Kier molecular flexibility index (Phi) is 4.83. The zero-order chi connectivity index (χ0) is 15.2. The van der Waals surface area contributed by atoms with E-state index in [0.29, 0.717) is 19.0 Å². The number of ether oxygens (including phenoxy) is 2. The largest absolute Gasteiger partial charge is 0.464 e. The molecule has 2 aromatic heterocycles. The number of nitrogens with zero attached hydrogens (tertiary/aromatic N) is 4. The quantitative estimate of drug-likeness (QED) is 0.572. The van der Waals surface area contributed by atoms with E-state index in [1.165, 1.54) is 24.1 Å². The van der Waals surface area contributed by atoms with Crippen LogP contribution >= 0.6 is 0 Å². The van der Waals surface area contributed by atoms with Crippen LogP contribution in [0.4, 0.5) is 0 Å². The molecular formula is C13H16N4O4. The molecular weight excluding hydrogens is 276 g/mol. The van der Waals surface area contributed by atoms with Crippen molar-refractivity contribution in [2.75, 3.05) is 13.7 Å². The fourth-order valence-corrected chi connectivity index (χ4v) is 1.63. The fourth-order valence-electron chi connectivity index (χ4n) is 1.63. The Morgan fingerprint density at radius 2 is 2.24 bits per heavy atom. The van der Waals surface area contributed by atoms with Crippen LogP contribution in [0.5, 0.6) is 0 Å². The number of carbonyl (C=O) groups is 1. The molecule has 0 amide bonds. The van der Waals surface area contributed by atoms with Crippen LogP contribution in [0.25, 0.3) is 5.69 Å². The van der Waals surface area contributed by atoms with Gasteiger partial charge in [-0.1, -0.05) is 6.92 Å². The van der Waals surface area contributed by atoms with E-state index in [4.69, 9.17) is 4.74 Å². The molecule has 0 aliphatic rings. The standard InChI is InChI=1S/C13H16N4O4/c1-3-6-21-9-16-8-10(7-14-16)17-5-4-11(18)12(15-17)13(19)20-2/h4-5,7-8H,3,6,9H2,1-2H3. The fraction of sp³-hybridized carbons (Fsp3) is 0.385. The molecule has 2 heterocycles. The summed E-state index contributed by atoms with van der Waals surface area (Å²) < 4.78 is 12.9. The van der Waals surface area contributed by atoms with Gasteiger partial charge in [-0.25, -0.2) is 14.2 Å². The third-order valence-corrected chi connectivity index (χ3v) is 2.64. The van der Waals surface area contributed by atoms with E-state index >= 15 is 0 Å². The summed E-state index contributed by atoms with van der Waals surface area (Å²) in [4.78, 5) is 23.0. The topological polar surface area (TPSA) is 88.2 Å². The minimum atomic E-state index is -0.770. The minimum absolute atomic E-state index is 0.269. The van der Waals surface area contributed by atoms with Crippen LogP contribution in [0.1, 0.15) is 23.8 Å². The molecule has 0 spiro atoms. The third-order valence-electron chi connectivity index (χ3n) is 2.64. The van der Waals surface area contributed by atoms with E-state index in [2.05, 4.69) is 14.9 Å². The van der Waals surface area contributed by atoms with Gasteiger partial charge in [0.2, 0.25) is 11.1 Å². The molecule has 0 bridgehead atoms. The predicted octanol–water partition coefficient (Wildman–Crippen LogP) is 0.600. The zero-order valence-electron chi connectivity index (χ0n) is 11.9. The van der Waals surface area contributed by atoms with Crippen molar-refractivity contribution in [2.45, 2.75) is 20.1 Å². The van der Waals surface area contributed by atoms with Crippen molar-refractivity contribution in [3.63, 3.8) is 0 Å². The smallest absolute Gasteiger partial charge is 0.362 e. The number of esters is 1. The minimum Gasteiger partial charge on any atom is -0.464 e. The Bertz CT molecular complexity index is 677. The van der Waals surface area contributed by atoms with Crippen molar-refractivity contribution < 1.29 is 14.3 Å². The van der Waals surface area contributed by atoms with Crippen LogP contribution in [-0.4, -0.2) is 39.2 Å². The summed E-state index contributed by atoms with van der Waals surface area (Å²) in [6.07, 6.45) is 5.66. The van der Waals surface area contributed by atoms with Crippen molar-refractivity contribution in [2.24, 2.45) is 0 Å². The average Bonchev–Trinajstić information content (AvgIpc) is 2.96. The molecule has 8 nitrogen and oxygen atoms in total. The molecule has 0 N–H and O–H groups in total. The average molecular weight is 292 g/mol. The van der Waals surface area contributed by atoms with Crippen molar-refractivity contribution in [1.82, 2.24) is 19.6 Å². The molecule has 112 valence electrons. The van der Waals surface area contributed by atoms with Gasteiger partial charge in [0, 0.05) is 18.9 Å². The molecule has 0 saturated heterocycles. The van der Waals surface area contributed by atoms with E-state index in [9.17, 15) is 9.59 Å². The molecule has 0 fully saturated rings. The van der Waals surface area contributed by atoms with Crippen LogP contribution in [0.2, 0.25) is 0 Å². The van der Waals surface area contributed by atoms with Crippen LogP contribution in [0.15, 0.2) is 29.5 Å². The molecule has 0 aliphatic carbocycles. The zero-order valence-corrected chi connectivity index (χ0v) is 11.9. The van der Waals surface area contributed by atoms with Gasteiger partial charge in [0.15, 0.2) is 0 Å². The van der Waals surface area contributed by atoms with E-state index in [-0.39, 0.29) is 5.69 Å². The summed E-state index contributed by atoms with van der Waals surface area (Å²) >= 11 is 0. The maximum Gasteiger partial charge on any atom is 0.362 e. The van der Waals surface area contributed by atoms with Crippen molar-refractivity contribution in [3.05, 3.63) is 40.6 Å². The second-order valence-corrected chi connectivity index (χ2v) is 4.24. The molecule has 0 atom stereocenters. The first kappa shape index (κ1) is 14.9. The molecule has 0 aliphatic heterocycles. The molecule has 2 aromatic rings. The molecule has 2 rings (SSSR count). The maximum atomic E-state index is 11.6. The Morgan fingerprint density at radius 3 is 2.95 bits per heavy atom. The first-order valence-electron chi connectivity index (χ1n) is 6.44. The first-order chi connectivity index (χ1) is 10.2. The van der Waals surface area contributed by atoms with Gasteiger partial charge in [0.25, 0.3) is 0 Å². The number of hydrogen-bond donors (Lipinski definition) is 0. The van der Waals surface area contributed by atoms with Gasteiger partial charge >= 0.3 is 5.97 Å². The highest BCUT2D eigenvalue weighted by atomic mass is 16.5. The Morgan fingerprint density at radius 1 is 1.43 bits per heavy atom. The lowest BCUT2D eigenvalue weighted by Gasteiger charge is -2.04. The molecule has 21 heavy (non-hydrogen) atoms. The summed E-state index contributed by atoms with van der Waals surface area (Å²) in [5.74, 6) is -0.770. The number of hydrogen-bond acceptors (Lipinski definition) is 6. The SMILES string of the molecule is CCCOCn1cc(-n2ccc(=O)c(C(=O)OC)n2)cn1. The normalized spacial score (nSPS) is 10.6. The monoisotopic (exact) mass is 292 g/mol. The van der Waals surface area contributed by atoms with Gasteiger partial charge in [-0.05, 0) is 6.42 Å². The van der Waals surface area contributed by atoms with Crippen LogP contribution in [0, 0.1) is 0 Å². The third kappa shape index (κ3) is 3.54. The van der Waals surface area contributed by atoms with E-state index in [1.54, 1.807) is 17.1 Å². The van der Waals surface area contributed by atoms with Crippen LogP contribution in [-0.2, 0) is 16.2 Å². The summed E-state index contributed by atoms with van der Waals surface area (Å²) in [5, 5.41) is 8.08. The Labute approximate surface area is 120 Å². The number of methoxy groups -OCH3 is 1. The van der Waals surface area contributed by atoms with Gasteiger partial charge in [-0.2, -0.15) is 10.2 Å². The van der Waals surface area contributed by atoms with Gasteiger partial charge in [0.05, 0.1) is 19.5 Å². The van der Waals surface area contributed by atoms with Crippen molar-refractivity contribution >= 4 is 5.97 Å². The molecule has 0 saturated carbocycles. The highest BCUT2D eigenvalue weighted by Gasteiger charge is 2.13. The van der Waals surface area contributed by atoms with Gasteiger partial charge in [-0.3, -0.25) is 4.79 Å². The lowest BCUT2D eigenvalue weighted by molar-refractivity contribution is 0.0590. The van der Waals surface area contributed by atoms with E-state index < -0.39 is 11.4 Å². The predicted molar refractivity (Wildman–Crippen MR) is 73.2 cm³/mol. The molecule has 0 radical (unpaired) electrons. The lowest BCUT2D eigenvalue weighted by Crippen LogP contribution is -2.21. The Hall–Kier alpha value is -2.48. The number of aromatic nitrogens is 4. The second kappa shape index (κ2) is 6.80.